The predicted octanol–water partition coefficient (Wildman–Crippen LogP) is 5.75. The number of carbonyl (C=O) groups excluding carboxylic acids is 2. The van der Waals surface area contributed by atoms with Crippen molar-refractivity contribution in [2.45, 2.75) is 18.5 Å². The van der Waals surface area contributed by atoms with E-state index < -0.39 is 23.6 Å². The Morgan fingerprint density at radius 3 is 2.49 bits per heavy atom. The van der Waals surface area contributed by atoms with Gasteiger partial charge in [0.1, 0.15) is 17.5 Å². The first kappa shape index (κ1) is 22.9. The summed E-state index contributed by atoms with van der Waals surface area (Å²) in [5.74, 6) is 0.688. The second-order valence-corrected chi connectivity index (χ2v) is 9.09. The van der Waals surface area contributed by atoms with Gasteiger partial charge in [-0.25, -0.2) is 14.6 Å². The van der Waals surface area contributed by atoms with Gasteiger partial charge in [-0.15, -0.1) is 0 Å². The quantitative estimate of drug-likeness (QED) is 0.400. The molecule has 0 N–H and O–H groups in total. The first-order valence-electron chi connectivity index (χ1n) is 10.9. The summed E-state index contributed by atoms with van der Waals surface area (Å²) in [7, 11) is 1.58. The van der Waals surface area contributed by atoms with E-state index in [2.05, 4.69) is 15.9 Å². The number of carbonyl (C=O) groups is 2. The molecule has 2 aliphatic heterocycles. The summed E-state index contributed by atoms with van der Waals surface area (Å²) in [6, 6.07) is 20.7. The highest BCUT2D eigenvalue weighted by Gasteiger charge is 2.54. The fourth-order valence-electron chi connectivity index (χ4n) is 4.24. The summed E-state index contributed by atoms with van der Waals surface area (Å²) in [6.07, 6.45) is 2.78. The molecule has 0 saturated carbocycles. The summed E-state index contributed by atoms with van der Waals surface area (Å²) in [5.41, 5.74) is 0.794. The highest BCUT2D eigenvalue weighted by atomic mass is 79.9. The van der Waals surface area contributed by atoms with Crippen molar-refractivity contribution in [2.24, 2.45) is 4.99 Å². The van der Waals surface area contributed by atoms with Crippen molar-refractivity contribution in [2.75, 3.05) is 7.11 Å². The van der Waals surface area contributed by atoms with Crippen LogP contribution in [0.25, 0.3) is 6.08 Å². The Morgan fingerprint density at radius 1 is 1.03 bits per heavy atom. The molecule has 0 bridgehead atoms. The molecule has 35 heavy (non-hydrogen) atoms. The van der Waals surface area contributed by atoms with Crippen LogP contribution >= 0.6 is 15.9 Å². The zero-order valence-electron chi connectivity index (χ0n) is 19.0. The maximum atomic E-state index is 13.3. The average Bonchev–Trinajstić information content (AvgIpc) is 3.19. The lowest BCUT2D eigenvalue weighted by Crippen LogP contribution is -2.49. The minimum Gasteiger partial charge on any atom is -0.497 e. The monoisotopic (exact) mass is 532 g/mol. The summed E-state index contributed by atoms with van der Waals surface area (Å²) >= 11 is 3.57. The molecule has 3 aromatic rings. The number of fused-ring (bicyclic) bond motifs is 1. The molecule has 0 spiro atoms. The van der Waals surface area contributed by atoms with Crippen molar-refractivity contribution in [1.29, 1.82) is 0 Å². The molecule has 0 saturated heterocycles. The molecular formula is C27H21BrN2O5. The van der Waals surface area contributed by atoms with Crippen molar-refractivity contribution in [3.8, 4) is 11.5 Å². The zero-order valence-corrected chi connectivity index (χ0v) is 20.6. The Hall–Kier alpha value is -3.91. The molecule has 1 amide bonds. The standard InChI is InChI=1S/C27H21BrN2O5/c1-27(25(31)35-24(29-27)17-11-13-18(33-2)14-12-17)23-21-9-6-10-22(28)20(21)15-16-30(23)26(32)34-19-7-4-3-5-8-19/h3-16,23H,1-2H3/t23-,27-/m0/s1. The van der Waals surface area contributed by atoms with E-state index in [0.717, 1.165) is 15.6 Å². The molecule has 5 rings (SSSR count). The van der Waals surface area contributed by atoms with Crippen LogP contribution in [0.1, 0.15) is 29.7 Å². The average molecular weight is 533 g/mol. The van der Waals surface area contributed by atoms with E-state index >= 15 is 0 Å². The van der Waals surface area contributed by atoms with Crippen LogP contribution in [0, 0.1) is 0 Å². The Kier molecular flexibility index (Phi) is 5.90. The third-order valence-electron chi connectivity index (χ3n) is 6.03. The SMILES string of the molecule is COc1ccc(C2=N[C@@](C)([C@@H]3c4cccc(Br)c4C=CN3C(=O)Oc3ccccc3)C(=O)O2)cc1. The molecule has 0 fully saturated rings. The number of rotatable bonds is 4. The second kappa shape index (κ2) is 9.03. The lowest BCUT2D eigenvalue weighted by Gasteiger charge is -2.38. The number of nitrogens with zero attached hydrogens (tertiary/aromatic N) is 2. The molecule has 0 radical (unpaired) electrons. The fourth-order valence-corrected chi connectivity index (χ4v) is 4.75. The summed E-state index contributed by atoms with van der Waals surface area (Å²) < 4.78 is 17.3. The molecule has 2 atom stereocenters. The van der Waals surface area contributed by atoms with Crippen molar-refractivity contribution < 1.29 is 23.8 Å². The molecule has 3 aromatic carbocycles. The van der Waals surface area contributed by atoms with Gasteiger partial charge in [0.25, 0.3) is 0 Å². The van der Waals surface area contributed by atoms with Gasteiger partial charge in [0.15, 0.2) is 5.54 Å². The molecule has 2 heterocycles. The third-order valence-corrected chi connectivity index (χ3v) is 6.72. The first-order valence-corrected chi connectivity index (χ1v) is 11.7. The topological polar surface area (TPSA) is 77.4 Å². The minimum atomic E-state index is -1.43. The van der Waals surface area contributed by atoms with Gasteiger partial charge in [0.05, 0.1) is 7.11 Å². The molecule has 7 nitrogen and oxygen atoms in total. The summed E-state index contributed by atoms with van der Waals surface area (Å²) in [5, 5.41) is 0. The number of hydrogen-bond donors (Lipinski definition) is 0. The maximum absolute atomic E-state index is 13.3. The van der Waals surface area contributed by atoms with Crippen LogP contribution in [0.4, 0.5) is 4.79 Å². The van der Waals surface area contributed by atoms with Gasteiger partial charge in [0, 0.05) is 16.2 Å². The van der Waals surface area contributed by atoms with E-state index in [1.807, 2.05) is 24.3 Å². The summed E-state index contributed by atoms with van der Waals surface area (Å²) in [4.78, 5) is 32.8. The number of aliphatic imine (C=N–C) groups is 1. The van der Waals surface area contributed by atoms with Crippen LogP contribution in [0.3, 0.4) is 0 Å². The number of benzene rings is 3. The highest BCUT2D eigenvalue weighted by molar-refractivity contribution is 9.10. The Balaban J connectivity index is 1.58. The Morgan fingerprint density at radius 2 is 1.77 bits per heavy atom. The number of cyclic esters (lactones) is 1. The smallest absolute Gasteiger partial charge is 0.419 e. The van der Waals surface area contributed by atoms with E-state index in [4.69, 9.17) is 19.2 Å². The van der Waals surface area contributed by atoms with Crippen molar-refractivity contribution in [3.05, 3.63) is 100 Å². The van der Waals surface area contributed by atoms with Gasteiger partial charge in [-0.3, -0.25) is 4.90 Å². The maximum Gasteiger partial charge on any atom is 0.419 e. The number of halogens is 1. The van der Waals surface area contributed by atoms with E-state index in [9.17, 15) is 9.59 Å². The molecule has 8 heteroatoms. The molecule has 0 aliphatic carbocycles. The number of amides is 1. The van der Waals surface area contributed by atoms with Gasteiger partial charge in [-0.05, 0) is 66.6 Å². The molecular weight excluding hydrogens is 512 g/mol. The molecule has 2 aliphatic rings. The number of hydrogen-bond acceptors (Lipinski definition) is 6. The van der Waals surface area contributed by atoms with Gasteiger partial charge in [0.2, 0.25) is 5.90 Å². The van der Waals surface area contributed by atoms with Crippen LogP contribution in [0.2, 0.25) is 0 Å². The van der Waals surface area contributed by atoms with Crippen molar-refractivity contribution >= 4 is 40.0 Å². The van der Waals surface area contributed by atoms with Crippen LogP contribution in [-0.4, -0.2) is 35.5 Å². The molecule has 0 unspecified atom stereocenters. The van der Waals surface area contributed by atoms with E-state index in [-0.39, 0.29) is 5.90 Å². The number of ether oxygens (including phenoxy) is 3. The Labute approximate surface area is 210 Å². The van der Waals surface area contributed by atoms with Gasteiger partial charge in [-0.2, -0.15) is 0 Å². The lowest BCUT2D eigenvalue weighted by molar-refractivity contribution is -0.140. The third kappa shape index (κ3) is 4.10. The van der Waals surface area contributed by atoms with Crippen molar-refractivity contribution in [3.63, 3.8) is 0 Å². The van der Waals surface area contributed by atoms with Crippen LogP contribution in [0.15, 0.2) is 88.5 Å². The van der Waals surface area contributed by atoms with Gasteiger partial charge >= 0.3 is 12.1 Å². The first-order chi connectivity index (χ1) is 16.9. The number of methoxy groups -OCH3 is 1. The van der Waals surface area contributed by atoms with Crippen LogP contribution < -0.4 is 9.47 Å². The predicted molar refractivity (Wildman–Crippen MR) is 134 cm³/mol. The normalized spacial score (nSPS) is 20.7. The fraction of sp³-hybridized carbons (Fsp3) is 0.148. The van der Waals surface area contributed by atoms with Crippen LogP contribution in [0.5, 0.6) is 11.5 Å². The van der Waals surface area contributed by atoms with Gasteiger partial charge in [-0.1, -0.05) is 46.3 Å². The molecule has 0 aromatic heterocycles. The van der Waals surface area contributed by atoms with Gasteiger partial charge < -0.3 is 14.2 Å². The highest BCUT2D eigenvalue weighted by Crippen LogP contribution is 2.45. The van der Waals surface area contributed by atoms with E-state index in [1.54, 1.807) is 74.8 Å². The van der Waals surface area contributed by atoms with E-state index in [1.165, 1.54) is 4.90 Å². The van der Waals surface area contributed by atoms with Crippen LogP contribution in [-0.2, 0) is 9.53 Å². The lowest BCUT2D eigenvalue weighted by atomic mass is 9.82. The Bertz CT molecular complexity index is 1350. The summed E-state index contributed by atoms with van der Waals surface area (Å²) in [6.45, 7) is 1.67. The second-order valence-electron chi connectivity index (χ2n) is 8.23. The number of esters is 1. The largest absolute Gasteiger partial charge is 0.497 e. The minimum absolute atomic E-state index is 0.183. The van der Waals surface area contributed by atoms with E-state index in [0.29, 0.717) is 17.1 Å². The number of para-hydroxylation sites is 1. The molecule has 176 valence electrons. The zero-order chi connectivity index (χ0) is 24.6. The van der Waals surface area contributed by atoms with Crippen molar-refractivity contribution in [1.82, 2.24) is 4.90 Å².